The standard InChI is InChI=1S/C30H25N5O2S2/c1-20-10-12-21(13-11-20)14-15-23-16-17-29(38-23)39-35-28(18-22-19-32-25-7-3-2-6-24(22)25)30(36)37-34-27-9-5-4-8-26(27)33-31/h2-13,16-17,19,28,31-32,34-35H,18H2,1H3. The molecule has 0 aliphatic heterocycles. The van der Waals surface area contributed by atoms with E-state index < -0.39 is 12.0 Å². The summed E-state index contributed by atoms with van der Waals surface area (Å²) in [5.41, 5.74) is 15.0. The van der Waals surface area contributed by atoms with Crippen molar-refractivity contribution in [2.75, 3.05) is 5.48 Å². The number of nitrogens with one attached hydrogen (secondary N) is 4. The zero-order valence-corrected chi connectivity index (χ0v) is 22.7. The van der Waals surface area contributed by atoms with Crippen LogP contribution in [-0.2, 0) is 16.1 Å². The van der Waals surface area contributed by atoms with Crippen LogP contribution in [0.2, 0.25) is 0 Å². The predicted molar refractivity (Wildman–Crippen MR) is 157 cm³/mol. The molecule has 39 heavy (non-hydrogen) atoms. The normalized spacial score (nSPS) is 11.4. The van der Waals surface area contributed by atoms with Gasteiger partial charge in [-0.1, -0.05) is 59.9 Å². The number of aryl methyl sites for hydroxylation is 1. The number of benzene rings is 3. The van der Waals surface area contributed by atoms with E-state index in [0.29, 0.717) is 17.8 Å². The Morgan fingerprint density at radius 1 is 1.05 bits per heavy atom. The summed E-state index contributed by atoms with van der Waals surface area (Å²) in [6, 6.07) is 26.3. The summed E-state index contributed by atoms with van der Waals surface area (Å²) in [7, 11) is 0. The number of aromatic nitrogens is 1. The van der Waals surface area contributed by atoms with Gasteiger partial charge in [0.15, 0.2) is 0 Å². The number of para-hydroxylation sites is 3. The van der Waals surface area contributed by atoms with Gasteiger partial charge >= 0.3 is 5.97 Å². The van der Waals surface area contributed by atoms with E-state index in [2.05, 4.69) is 39.1 Å². The summed E-state index contributed by atoms with van der Waals surface area (Å²) in [5.74, 6) is 5.93. The number of thiophene rings is 1. The fraction of sp³-hybridized carbons (Fsp3) is 0.100. The van der Waals surface area contributed by atoms with Gasteiger partial charge < -0.3 is 9.82 Å². The maximum absolute atomic E-state index is 13.2. The van der Waals surface area contributed by atoms with E-state index in [1.54, 1.807) is 35.6 Å². The van der Waals surface area contributed by atoms with E-state index in [1.165, 1.54) is 17.5 Å². The molecular formula is C30H25N5O2S2. The Morgan fingerprint density at radius 2 is 1.85 bits per heavy atom. The Balaban J connectivity index is 1.29. The molecule has 1 unspecified atom stereocenters. The van der Waals surface area contributed by atoms with Gasteiger partial charge in [0.2, 0.25) is 0 Å². The van der Waals surface area contributed by atoms with Crippen LogP contribution in [0.25, 0.3) is 10.9 Å². The highest BCUT2D eigenvalue weighted by Gasteiger charge is 2.23. The van der Waals surface area contributed by atoms with Gasteiger partial charge in [0.25, 0.3) is 0 Å². The molecule has 5 aromatic rings. The van der Waals surface area contributed by atoms with E-state index in [1.807, 2.05) is 66.9 Å². The van der Waals surface area contributed by atoms with Crippen LogP contribution in [0.5, 0.6) is 0 Å². The van der Waals surface area contributed by atoms with Crippen LogP contribution in [0.4, 0.5) is 11.4 Å². The number of hydrogen-bond donors (Lipinski definition) is 4. The highest BCUT2D eigenvalue weighted by molar-refractivity contribution is 7.99. The summed E-state index contributed by atoms with van der Waals surface area (Å²) in [4.78, 5) is 22.9. The molecule has 0 saturated carbocycles. The molecule has 0 bridgehead atoms. The number of H-pyrrole nitrogens is 1. The molecule has 0 amide bonds. The molecule has 0 radical (unpaired) electrons. The molecule has 1 atom stereocenters. The largest absolute Gasteiger partial charge is 0.361 e. The second-order valence-electron chi connectivity index (χ2n) is 8.72. The van der Waals surface area contributed by atoms with Crippen LogP contribution in [0.3, 0.4) is 0 Å². The molecule has 9 heteroatoms. The lowest BCUT2D eigenvalue weighted by molar-refractivity contribution is -0.142. The first-order valence-electron chi connectivity index (χ1n) is 12.2. The van der Waals surface area contributed by atoms with Crippen LogP contribution in [0.15, 0.2) is 100 Å². The number of rotatable bonds is 9. The third-order valence-electron chi connectivity index (χ3n) is 5.93. The topological polar surface area (TPSA) is 102 Å². The van der Waals surface area contributed by atoms with Crippen molar-refractivity contribution < 1.29 is 9.63 Å². The average Bonchev–Trinajstić information content (AvgIpc) is 3.60. The third-order valence-corrected chi connectivity index (χ3v) is 7.97. The van der Waals surface area contributed by atoms with Crippen molar-refractivity contribution in [2.24, 2.45) is 5.11 Å². The number of carbonyl (C=O) groups is 1. The number of hydrogen-bond acceptors (Lipinski definition) is 8. The first-order chi connectivity index (χ1) is 19.1. The van der Waals surface area contributed by atoms with Crippen molar-refractivity contribution in [3.8, 4) is 11.8 Å². The first-order valence-corrected chi connectivity index (χ1v) is 13.8. The summed E-state index contributed by atoms with van der Waals surface area (Å²) >= 11 is 2.93. The molecule has 2 heterocycles. The molecule has 0 saturated heterocycles. The Morgan fingerprint density at radius 3 is 2.69 bits per heavy atom. The van der Waals surface area contributed by atoms with Crippen LogP contribution in [-0.4, -0.2) is 17.0 Å². The van der Waals surface area contributed by atoms with Crippen LogP contribution < -0.4 is 10.2 Å². The van der Waals surface area contributed by atoms with Crippen LogP contribution >= 0.6 is 23.3 Å². The van der Waals surface area contributed by atoms with Gasteiger partial charge in [-0.15, -0.1) is 11.3 Å². The van der Waals surface area contributed by atoms with E-state index in [4.69, 9.17) is 10.4 Å². The van der Waals surface area contributed by atoms with E-state index in [-0.39, 0.29) is 0 Å². The highest BCUT2D eigenvalue weighted by Crippen LogP contribution is 2.27. The molecule has 4 N–H and O–H groups in total. The lowest BCUT2D eigenvalue weighted by Crippen LogP contribution is -2.37. The Bertz CT molecular complexity index is 1660. The molecule has 0 spiro atoms. The van der Waals surface area contributed by atoms with Gasteiger partial charge in [-0.3, -0.25) is 0 Å². The average molecular weight is 552 g/mol. The molecule has 0 aliphatic rings. The minimum Gasteiger partial charge on any atom is -0.361 e. The molecule has 0 aliphatic carbocycles. The summed E-state index contributed by atoms with van der Waals surface area (Å²) in [5, 5.41) is 4.52. The summed E-state index contributed by atoms with van der Waals surface area (Å²) < 4.78 is 4.27. The maximum atomic E-state index is 13.2. The second kappa shape index (κ2) is 12.5. The lowest BCUT2D eigenvalue weighted by Gasteiger charge is -2.17. The smallest absolute Gasteiger partial charge is 0.350 e. The quantitative estimate of drug-likeness (QED) is 0.0663. The van der Waals surface area contributed by atoms with E-state index in [9.17, 15) is 4.79 Å². The molecule has 2 aromatic heterocycles. The van der Waals surface area contributed by atoms with Crippen molar-refractivity contribution in [1.29, 1.82) is 5.53 Å². The Hall–Kier alpha value is -4.36. The van der Waals surface area contributed by atoms with Gasteiger partial charge in [0, 0.05) is 29.1 Å². The van der Waals surface area contributed by atoms with E-state index >= 15 is 0 Å². The second-order valence-corrected chi connectivity index (χ2v) is 10.9. The zero-order chi connectivity index (χ0) is 27.0. The first kappa shape index (κ1) is 26.3. The number of carbonyl (C=O) groups excluding carboxylic acids is 1. The van der Waals surface area contributed by atoms with Gasteiger partial charge in [-0.25, -0.2) is 20.5 Å². The summed E-state index contributed by atoms with van der Waals surface area (Å²) in [6.07, 6.45) is 2.33. The molecule has 7 nitrogen and oxygen atoms in total. The van der Waals surface area contributed by atoms with Crippen LogP contribution in [0.1, 0.15) is 21.6 Å². The fourth-order valence-corrected chi connectivity index (χ4v) is 5.61. The lowest BCUT2D eigenvalue weighted by atomic mass is 10.1. The Kier molecular flexibility index (Phi) is 8.39. The third kappa shape index (κ3) is 6.75. The van der Waals surface area contributed by atoms with Gasteiger partial charge in [-0.05, 0) is 66.9 Å². The minimum absolute atomic E-state index is 0.374. The van der Waals surface area contributed by atoms with Crippen LogP contribution in [0, 0.1) is 24.3 Å². The number of anilines is 1. The van der Waals surface area contributed by atoms with Crippen molar-refractivity contribution in [3.63, 3.8) is 0 Å². The number of aromatic amines is 1. The molecule has 194 valence electrons. The van der Waals surface area contributed by atoms with Gasteiger partial charge in [-0.2, -0.15) is 5.11 Å². The predicted octanol–water partition coefficient (Wildman–Crippen LogP) is 7.38. The minimum atomic E-state index is -0.661. The van der Waals surface area contributed by atoms with Gasteiger partial charge in [0.1, 0.15) is 11.7 Å². The van der Waals surface area contributed by atoms with Gasteiger partial charge in [0.05, 0.1) is 14.8 Å². The maximum Gasteiger partial charge on any atom is 0.350 e. The highest BCUT2D eigenvalue weighted by atomic mass is 32.2. The zero-order valence-electron chi connectivity index (χ0n) is 21.0. The fourth-order valence-electron chi connectivity index (χ4n) is 3.87. The number of fused-ring (bicyclic) bond motifs is 1. The molecule has 0 fully saturated rings. The molecular weight excluding hydrogens is 526 g/mol. The Labute approximate surface area is 234 Å². The van der Waals surface area contributed by atoms with Crippen molar-refractivity contribution in [2.45, 2.75) is 23.6 Å². The van der Waals surface area contributed by atoms with Crippen molar-refractivity contribution >= 4 is 51.5 Å². The molecule has 5 rings (SSSR count). The summed E-state index contributed by atoms with van der Waals surface area (Å²) in [6.45, 7) is 2.05. The molecule has 3 aromatic carbocycles. The number of nitrogens with zero attached hydrogens (tertiary/aromatic N) is 1. The van der Waals surface area contributed by atoms with E-state index in [0.717, 1.165) is 31.1 Å². The monoisotopic (exact) mass is 551 g/mol. The van der Waals surface area contributed by atoms with Crippen molar-refractivity contribution in [1.82, 2.24) is 9.71 Å². The SMILES string of the molecule is Cc1ccc(C#Cc2ccc(SNC(Cc3c[nH]c4ccccc34)C(=O)ONc3ccccc3N=N)s2)cc1. The van der Waals surface area contributed by atoms with Crippen molar-refractivity contribution in [3.05, 3.63) is 113 Å².